The molecule has 0 aliphatic rings. The Morgan fingerprint density at radius 2 is 1.88 bits per heavy atom. The molecule has 1 unspecified atom stereocenters. The van der Waals surface area contributed by atoms with Gasteiger partial charge in [0, 0.05) is 24.1 Å². The van der Waals surface area contributed by atoms with Gasteiger partial charge in [0.05, 0.1) is 0 Å². The Balaban J connectivity index is 3.00. The molecule has 88 valence electrons. The van der Waals surface area contributed by atoms with Gasteiger partial charge < -0.3 is 5.32 Å². The average molecular weight is 252 g/mol. The van der Waals surface area contributed by atoms with E-state index < -0.39 is 35.0 Å². The zero-order chi connectivity index (χ0) is 12.3. The van der Waals surface area contributed by atoms with E-state index in [9.17, 15) is 18.0 Å². The fourth-order valence-electron chi connectivity index (χ4n) is 1.09. The minimum Gasteiger partial charge on any atom is -0.348 e. The molecule has 1 aromatic carbocycles. The van der Waals surface area contributed by atoms with E-state index in [1.54, 1.807) is 6.92 Å². The van der Waals surface area contributed by atoms with Crippen molar-refractivity contribution in [2.45, 2.75) is 13.0 Å². The van der Waals surface area contributed by atoms with Crippen LogP contribution in [0.15, 0.2) is 12.1 Å². The Morgan fingerprint density at radius 3 is 2.31 bits per heavy atom. The van der Waals surface area contributed by atoms with E-state index in [0.29, 0.717) is 12.1 Å². The monoisotopic (exact) mass is 251 g/mol. The average Bonchev–Trinajstić information content (AvgIpc) is 2.15. The van der Waals surface area contributed by atoms with Crippen molar-refractivity contribution in [3.8, 4) is 0 Å². The number of hydrogen-bond donors (Lipinski definition) is 1. The Labute approximate surface area is 95.4 Å². The summed E-state index contributed by atoms with van der Waals surface area (Å²) in [6.07, 6.45) is 0. The van der Waals surface area contributed by atoms with Crippen LogP contribution in [0, 0.1) is 17.5 Å². The molecule has 2 nitrogen and oxygen atoms in total. The number of alkyl halides is 1. The van der Waals surface area contributed by atoms with Gasteiger partial charge in [0.2, 0.25) is 0 Å². The first-order valence-electron chi connectivity index (χ1n) is 4.47. The first-order valence-corrected chi connectivity index (χ1v) is 5.00. The summed E-state index contributed by atoms with van der Waals surface area (Å²) < 4.78 is 38.9. The van der Waals surface area contributed by atoms with Crippen LogP contribution in [0.3, 0.4) is 0 Å². The van der Waals surface area contributed by atoms with Crippen LogP contribution < -0.4 is 5.32 Å². The van der Waals surface area contributed by atoms with Crippen LogP contribution in [0.4, 0.5) is 13.2 Å². The van der Waals surface area contributed by atoms with E-state index in [-0.39, 0.29) is 5.88 Å². The quantitative estimate of drug-likeness (QED) is 0.822. The number of hydrogen-bond acceptors (Lipinski definition) is 1. The third-order valence-corrected chi connectivity index (χ3v) is 2.31. The van der Waals surface area contributed by atoms with Gasteiger partial charge in [0.25, 0.3) is 5.91 Å². The van der Waals surface area contributed by atoms with Crippen LogP contribution in [0.1, 0.15) is 17.3 Å². The number of carbonyl (C=O) groups excluding carboxylic acids is 1. The van der Waals surface area contributed by atoms with Gasteiger partial charge in [-0.2, -0.15) is 0 Å². The molecule has 1 aromatic rings. The molecule has 6 heteroatoms. The summed E-state index contributed by atoms with van der Waals surface area (Å²) in [5.41, 5.74) is -0.807. The van der Waals surface area contributed by atoms with Gasteiger partial charge in [-0.3, -0.25) is 4.79 Å². The second-order valence-electron chi connectivity index (χ2n) is 3.27. The summed E-state index contributed by atoms with van der Waals surface area (Å²) in [7, 11) is 0. The standard InChI is InChI=1S/C10H9ClF3NO/c1-5(4-11)15-10(16)9-7(13)2-6(12)3-8(9)14/h2-3,5H,4H2,1H3,(H,15,16). The summed E-state index contributed by atoms with van der Waals surface area (Å²) >= 11 is 5.43. The van der Waals surface area contributed by atoms with E-state index in [1.807, 2.05) is 0 Å². The lowest BCUT2D eigenvalue weighted by Crippen LogP contribution is -2.34. The van der Waals surface area contributed by atoms with Crippen molar-refractivity contribution < 1.29 is 18.0 Å². The van der Waals surface area contributed by atoms with Crippen molar-refractivity contribution in [3.05, 3.63) is 35.1 Å². The molecule has 0 saturated heterocycles. The van der Waals surface area contributed by atoms with E-state index >= 15 is 0 Å². The van der Waals surface area contributed by atoms with Gasteiger partial charge in [0.1, 0.15) is 23.0 Å². The minimum atomic E-state index is -1.24. The smallest absolute Gasteiger partial charge is 0.257 e. The minimum absolute atomic E-state index is 0.107. The third-order valence-electron chi connectivity index (χ3n) is 1.84. The molecule has 0 saturated carbocycles. The van der Waals surface area contributed by atoms with Crippen molar-refractivity contribution in [2.24, 2.45) is 0 Å². The van der Waals surface area contributed by atoms with E-state index in [4.69, 9.17) is 11.6 Å². The SMILES string of the molecule is CC(CCl)NC(=O)c1c(F)cc(F)cc1F. The summed E-state index contributed by atoms with van der Waals surface area (Å²) in [5.74, 6) is -4.40. The Hall–Kier alpha value is -1.23. The lowest BCUT2D eigenvalue weighted by molar-refractivity contribution is 0.0935. The molecule has 0 aromatic heterocycles. The van der Waals surface area contributed by atoms with Crippen LogP contribution in [0.2, 0.25) is 0 Å². The summed E-state index contributed by atoms with van der Waals surface area (Å²) in [5, 5.41) is 2.27. The molecule has 0 bridgehead atoms. The van der Waals surface area contributed by atoms with Crippen LogP contribution in [0.25, 0.3) is 0 Å². The highest BCUT2D eigenvalue weighted by Crippen LogP contribution is 2.14. The Bertz CT molecular complexity index is 388. The van der Waals surface area contributed by atoms with Crippen LogP contribution in [0.5, 0.6) is 0 Å². The molecule has 0 aliphatic heterocycles. The predicted octanol–water partition coefficient (Wildman–Crippen LogP) is 2.46. The zero-order valence-electron chi connectivity index (χ0n) is 8.36. The fourth-order valence-corrected chi connectivity index (χ4v) is 1.17. The van der Waals surface area contributed by atoms with E-state index in [1.165, 1.54) is 0 Å². The molecule has 0 radical (unpaired) electrons. The van der Waals surface area contributed by atoms with Crippen molar-refractivity contribution in [2.75, 3.05) is 5.88 Å². The maximum atomic E-state index is 13.1. The highest BCUT2D eigenvalue weighted by molar-refractivity contribution is 6.18. The molecule has 0 aliphatic carbocycles. The maximum absolute atomic E-state index is 13.1. The molecule has 1 atom stereocenters. The van der Waals surface area contributed by atoms with Gasteiger partial charge in [-0.15, -0.1) is 11.6 Å². The van der Waals surface area contributed by atoms with Gasteiger partial charge in [-0.1, -0.05) is 0 Å². The zero-order valence-corrected chi connectivity index (χ0v) is 9.12. The van der Waals surface area contributed by atoms with Gasteiger partial charge in [-0.05, 0) is 6.92 Å². The molecule has 0 spiro atoms. The highest BCUT2D eigenvalue weighted by Gasteiger charge is 2.19. The molecular weight excluding hydrogens is 243 g/mol. The highest BCUT2D eigenvalue weighted by atomic mass is 35.5. The Morgan fingerprint density at radius 1 is 1.38 bits per heavy atom. The molecule has 1 amide bonds. The van der Waals surface area contributed by atoms with Gasteiger partial charge in [-0.25, -0.2) is 13.2 Å². The molecule has 0 fully saturated rings. The summed E-state index contributed by atoms with van der Waals surface area (Å²) in [6, 6.07) is 0.463. The van der Waals surface area contributed by atoms with E-state index in [0.717, 1.165) is 0 Å². The number of amides is 1. The molecular formula is C10H9ClF3NO. The fraction of sp³-hybridized carbons (Fsp3) is 0.300. The van der Waals surface area contributed by atoms with Crippen molar-refractivity contribution in [1.82, 2.24) is 5.32 Å². The second kappa shape index (κ2) is 5.21. The van der Waals surface area contributed by atoms with Gasteiger partial charge >= 0.3 is 0 Å². The molecule has 16 heavy (non-hydrogen) atoms. The molecule has 1 rings (SSSR count). The number of benzene rings is 1. The maximum Gasteiger partial charge on any atom is 0.257 e. The first kappa shape index (κ1) is 12.8. The Kier molecular flexibility index (Phi) is 4.18. The third kappa shape index (κ3) is 2.88. The van der Waals surface area contributed by atoms with Crippen LogP contribution in [-0.4, -0.2) is 17.8 Å². The van der Waals surface area contributed by atoms with Crippen molar-refractivity contribution >= 4 is 17.5 Å². The van der Waals surface area contributed by atoms with Crippen molar-refractivity contribution in [1.29, 1.82) is 0 Å². The molecule has 1 N–H and O–H groups in total. The topological polar surface area (TPSA) is 29.1 Å². The van der Waals surface area contributed by atoms with Crippen molar-refractivity contribution in [3.63, 3.8) is 0 Å². The predicted molar refractivity (Wildman–Crippen MR) is 54.0 cm³/mol. The summed E-state index contributed by atoms with van der Waals surface area (Å²) in [6.45, 7) is 1.57. The first-order chi connectivity index (χ1) is 7.45. The summed E-state index contributed by atoms with van der Waals surface area (Å²) in [4.78, 5) is 11.4. The van der Waals surface area contributed by atoms with E-state index in [2.05, 4.69) is 5.32 Å². The van der Waals surface area contributed by atoms with Crippen LogP contribution >= 0.6 is 11.6 Å². The van der Waals surface area contributed by atoms with Crippen LogP contribution in [-0.2, 0) is 0 Å². The van der Waals surface area contributed by atoms with Gasteiger partial charge in [0.15, 0.2) is 0 Å². The largest absolute Gasteiger partial charge is 0.348 e. The lowest BCUT2D eigenvalue weighted by Gasteiger charge is -2.11. The number of rotatable bonds is 3. The second-order valence-corrected chi connectivity index (χ2v) is 3.58. The number of carbonyl (C=O) groups is 1. The normalized spacial score (nSPS) is 12.3. The number of nitrogens with one attached hydrogen (secondary N) is 1. The lowest BCUT2D eigenvalue weighted by atomic mass is 10.1. The number of halogens is 4. The molecule has 0 heterocycles.